The van der Waals surface area contributed by atoms with Crippen molar-refractivity contribution in [3.8, 4) is 5.69 Å². The quantitative estimate of drug-likeness (QED) is 0.414. The van der Waals surface area contributed by atoms with Crippen LogP contribution in [0.3, 0.4) is 0 Å². The molecule has 40 heavy (non-hydrogen) atoms. The molecule has 2 heterocycles. The van der Waals surface area contributed by atoms with Crippen molar-refractivity contribution in [1.82, 2.24) is 25.1 Å². The lowest BCUT2D eigenvalue weighted by Gasteiger charge is -2.40. The molecule has 1 saturated carbocycles. The van der Waals surface area contributed by atoms with E-state index in [1.807, 2.05) is 35.0 Å². The number of nitrogens with zero attached hydrogens (tertiary/aromatic N) is 3. The number of alkyl halides is 3. The molecule has 2 fully saturated rings. The molecule has 1 atom stereocenters. The van der Waals surface area contributed by atoms with Crippen LogP contribution in [0.1, 0.15) is 53.6 Å². The largest absolute Gasteiger partial charge is 0.416 e. The predicted octanol–water partition coefficient (Wildman–Crippen LogP) is 3.64. The molecule has 3 aromatic rings. The first-order chi connectivity index (χ1) is 19.1. The maximum atomic E-state index is 12.9. The number of benzene rings is 2. The highest BCUT2D eigenvalue weighted by Gasteiger charge is 2.38. The van der Waals surface area contributed by atoms with Gasteiger partial charge in [-0.3, -0.25) is 14.5 Å². The monoisotopic (exact) mass is 555 g/mol. The summed E-state index contributed by atoms with van der Waals surface area (Å²) in [6.07, 6.45) is 4.53. The fourth-order valence-corrected chi connectivity index (χ4v) is 5.70. The summed E-state index contributed by atoms with van der Waals surface area (Å²) in [4.78, 5) is 31.1. The predicted molar refractivity (Wildman–Crippen MR) is 142 cm³/mol. The van der Waals surface area contributed by atoms with E-state index < -0.39 is 23.2 Å². The summed E-state index contributed by atoms with van der Waals surface area (Å²) in [5.41, 5.74) is -0.0383. The number of carbonyl (C=O) groups is 2. The van der Waals surface area contributed by atoms with Crippen molar-refractivity contribution in [2.45, 2.75) is 56.0 Å². The molecule has 2 aliphatic rings. The van der Waals surface area contributed by atoms with Crippen molar-refractivity contribution in [2.24, 2.45) is 0 Å². The van der Waals surface area contributed by atoms with E-state index >= 15 is 0 Å². The zero-order valence-electron chi connectivity index (χ0n) is 21.9. The zero-order valence-corrected chi connectivity index (χ0v) is 21.9. The van der Waals surface area contributed by atoms with Gasteiger partial charge in [-0.15, -0.1) is 0 Å². The highest BCUT2D eigenvalue weighted by Crippen LogP contribution is 2.39. The number of likely N-dealkylation sites (tertiary alicyclic amines) is 1. The zero-order chi connectivity index (χ0) is 28.3. The lowest BCUT2D eigenvalue weighted by molar-refractivity contribution is -0.137. The van der Waals surface area contributed by atoms with Gasteiger partial charge in [-0.2, -0.15) is 13.2 Å². The van der Waals surface area contributed by atoms with Crippen LogP contribution in [0.4, 0.5) is 13.2 Å². The molecule has 0 unspecified atom stereocenters. The number of hydrogen-bond acceptors (Lipinski definition) is 5. The number of aromatic nitrogens is 2. The van der Waals surface area contributed by atoms with E-state index in [0.717, 1.165) is 55.3 Å². The summed E-state index contributed by atoms with van der Waals surface area (Å²) in [6.45, 7) is 1.18. The van der Waals surface area contributed by atoms with Crippen LogP contribution in [0.2, 0.25) is 0 Å². The fraction of sp³-hybridized carbons (Fsp3) is 0.414. The molecule has 8 nitrogen and oxygen atoms in total. The molecule has 212 valence electrons. The van der Waals surface area contributed by atoms with E-state index in [1.54, 1.807) is 12.5 Å². The molecule has 3 N–H and O–H groups in total. The Kier molecular flexibility index (Phi) is 7.95. The molecule has 0 radical (unpaired) electrons. The summed E-state index contributed by atoms with van der Waals surface area (Å²) in [7, 11) is 0. The Morgan fingerprint density at radius 2 is 1.82 bits per heavy atom. The van der Waals surface area contributed by atoms with Crippen LogP contribution >= 0.6 is 0 Å². The van der Waals surface area contributed by atoms with Gasteiger partial charge in [0.1, 0.15) is 0 Å². The third-order valence-corrected chi connectivity index (χ3v) is 7.95. The van der Waals surface area contributed by atoms with Crippen LogP contribution < -0.4 is 10.6 Å². The molecule has 1 aliphatic heterocycles. The first kappa shape index (κ1) is 27.9. The van der Waals surface area contributed by atoms with Crippen molar-refractivity contribution < 1.29 is 27.9 Å². The number of nitrogens with one attached hydrogen (secondary N) is 2. The summed E-state index contributed by atoms with van der Waals surface area (Å²) in [6, 6.07) is 12.3. The molecule has 0 spiro atoms. The average molecular weight is 556 g/mol. The molecule has 5 rings (SSSR count). The van der Waals surface area contributed by atoms with Crippen molar-refractivity contribution >= 4 is 11.8 Å². The van der Waals surface area contributed by atoms with Gasteiger partial charge in [0.2, 0.25) is 5.91 Å². The first-order valence-electron chi connectivity index (χ1n) is 13.4. The third kappa shape index (κ3) is 6.37. The Balaban J connectivity index is 1.06. The van der Waals surface area contributed by atoms with E-state index in [4.69, 9.17) is 0 Å². The maximum Gasteiger partial charge on any atom is 0.416 e. The molecule has 1 aliphatic carbocycles. The van der Waals surface area contributed by atoms with Gasteiger partial charge in [0.15, 0.2) is 0 Å². The first-order valence-corrected chi connectivity index (χ1v) is 13.4. The van der Waals surface area contributed by atoms with Crippen molar-refractivity contribution in [3.63, 3.8) is 0 Å². The Hall–Kier alpha value is -3.70. The Bertz CT molecular complexity index is 1320. The SMILES string of the molecule is O=C(CNC(=O)c1cccc(C(F)(F)F)c1)N[C@@H]1CCN(C2CCC(O)(c3ccc(-n4ccnc4)cc3)CC2)C1. The van der Waals surface area contributed by atoms with Gasteiger partial charge in [0.25, 0.3) is 5.91 Å². The molecule has 1 aromatic heterocycles. The van der Waals surface area contributed by atoms with Gasteiger partial charge in [-0.1, -0.05) is 18.2 Å². The van der Waals surface area contributed by atoms with Crippen LogP contribution in [0, 0.1) is 0 Å². The van der Waals surface area contributed by atoms with Crippen LogP contribution in [0.25, 0.3) is 5.69 Å². The smallest absolute Gasteiger partial charge is 0.385 e. The number of amides is 2. The number of carbonyl (C=O) groups excluding carboxylic acids is 2. The van der Waals surface area contributed by atoms with Gasteiger partial charge >= 0.3 is 6.18 Å². The number of halogens is 3. The van der Waals surface area contributed by atoms with E-state index in [1.165, 1.54) is 6.07 Å². The second-order valence-electron chi connectivity index (χ2n) is 10.6. The van der Waals surface area contributed by atoms with E-state index in [2.05, 4.69) is 20.5 Å². The molecule has 11 heteroatoms. The molecule has 2 amide bonds. The van der Waals surface area contributed by atoms with Gasteiger partial charge in [-0.05, 0) is 68.0 Å². The lowest BCUT2D eigenvalue weighted by atomic mass is 9.77. The summed E-state index contributed by atoms with van der Waals surface area (Å²) in [5, 5.41) is 16.7. The van der Waals surface area contributed by atoms with Crippen molar-refractivity contribution in [2.75, 3.05) is 19.6 Å². The Morgan fingerprint density at radius 3 is 2.50 bits per heavy atom. The average Bonchev–Trinajstić information content (AvgIpc) is 3.65. The highest BCUT2D eigenvalue weighted by atomic mass is 19.4. The van der Waals surface area contributed by atoms with Crippen LogP contribution in [-0.4, -0.2) is 63.1 Å². The Morgan fingerprint density at radius 1 is 1.07 bits per heavy atom. The highest BCUT2D eigenvalue weighted by molar-refractivity contribution is 5.96. The minimum Gasteiger partial charge on any atom is -0.385 e. The minimum absolute atomic E-state index is 0.0745. The standard InChI is InChI=1S/C29H32F3N5O3/c30-29(31,32)22-3-1-2-20(16-22)27(39)34-17-26(38)35-23-10-14-36(18-23)25-8-11-28(40,12-9-25)21-4-6-24(7-5-21)37-15-13-33-19-37/h1-7,13,15-16,19,23,25,40H,8-12,14,17-18H2,(H,34,39)(H,35,38)/t23-,25?,28?/m1/s1. The molecule has 0 bridgehead atoms. The van der Waals surface area contributed by atoms with Crippen LogP contribution in [0.5, 0.6) is 0 Å². The second kappa shape index (κ2) is 11.4. The fourth-order valence-electron chi connectivity index (χ4n) is 5.70. The van der Waals surface area contributed by atoms with Crippen LogP contribution in [-0.2, 0) is 16.6 Å². The van der Waals surface area contributed by atoms with E-state index in [0.29, 0.717) is 25.4 Å². The molecule has 1 saturated heterocycles. The van der Waals surface area contributed by atoms with Gasteiger partial charge in [0.05, 0.1) is 24.0 Å². The number of aliphatic hydroxyl groups is 1. The maximum absolute atomic E-state index is 12.9. The van der Waals surface area contributed by atoms with E-state index in [9.17, 15) is 27.9 Å². The van der Waals surface area contributed by atoms with E-state index in [-0.39, 0.29) is 24.1 Å². The number of hydrogen-bond donors (Lipinski definition) is 3. The number of rotatable bonds is 7. The second-order valence-corrected chi connectivity index (χ2v) is 10.6. The topological polar surface area (TPSA) is 99.5 Å². The molecular weight excluding hydrogens is 523 g/mol. The number of imidazole rings is 1. The molecule has 2 aromatic carbocycles. The minimum atomic E-state index is -4.55. The summed E-state index contributed by atoms with van der Waals surface area (Å²) in [5.74, 6) is -1.12. The lowest BCUT2D eigenvalue weighted by Crippen LogP contribution is -2.45. The van der Waals surface area contributed by atoms with Gasteiger partial charge in [-0.25, -0.2) is 4.98 Å². The molecular formula is C29H32F3N5O3. The van der Waals surface area contributed by atoms with Crippen molar-refractivity contribution in [1.29, 1.82) is 0 Å². The van der Waals surface area contributed by atoms with Gasteiger partial charge in [0, 0.05) is 48.8 Å². The third-order valence-electron chi connectivity index (χ3n) is 7.95. The summed E-state index contributed by atoms with van der Waals surface area (Å²) >= 11 is 0. The van der Waals surface area contributed by atoms with Gasteiger partial charge < -0.3 is 20.3 Å². The normalized spacial score (nSPS) is 23.6. The van der Waals surface area contributed by atoms with Crippen LogP contribution in [0.15, 0.2) is 67.3 Å². The Labute approximate surface area is 230 Å². The summed E-state index contributed by atoms with van der Waals surface area (Å²) < 4.78 is 40.6. The van der Waals surface area contributed by atoms with Crippen molar-refractivity contribution in [3.05, 3.63) is 83.9 Å².